The highest BCUT2D eigenvalue weighted by Crippen LogP contribution is 2.36. The lowest BCUT2D eigenvalue weighted by molar-refractivity contribution is -0.383. The lowest BCUT2D eigenvalue weighted by Gasteiger charge is -2.48. The fourth-order valence-corrected chi connectivity index (χ4v) is 5.64. The molecule has 0 radical (unpaired) electrons. The van der Waals surface area contributed by atoms with Crippen LogP contribution in [-0.2, 0) is 6.54 Å². The zero-order valence-corrected chi connectivity index (χ0v) is 20.7. The molecule has 34 heavy (non-hydrogen) atoms. The minimum Gasteiger partial charge on any atom is -0.393 e. The first-order valence-electron chi connectivity index (χ1n) is 11.7. The summed E-state index contributed by atoms with van der Waals surface area (Å²) in [6, 6.07) is 8.69. The molecule has 7 nitrogen and oxygen atoms in total. The Hall–Kier alpha value is -2.13. The van der Waals surface area contributed by atoms with Gasteiger partial charge in [-0.15, -0.1) is 0 Å². The van der Waals surface area contributed by atoms with E-state index in [4.69, 9.17) is 28.9 Å². The van der Waals surface area contributed by atoms with Gasteiger partial charge in [0, 0.05) is 54.9 Å². The molecular weight excluding hydrogens is 480 g/mol. The van der Waals surface area contributed by atoms with Crippen molar-refractivity contribution in [3.8, 4) is 0 Å². The summed E-state index contributed by atoms with van der Waals surface area (Å²) in [5.41, 5.74) is 7.32. The standard InChI is InChI=1S/C24H30Cl2FN5O2/c1-2-18-15-30(23-13-22(28)24(32(33)34)12-20(23)26)9-10-31(18)19-5-7-29(8-6-19)14-16-3-4-17(25)11-21(16)27/h3-4,11-13,18-19H,2,5-10,14-15,28H2,1H3/t18-/m0/s1. The Kier molecular flexibility index (Phi) is 7.82. The van der Waals surface area contributed by atoms with E-state index >= 15 is 0 Å². The Labute approximate surface area is 209 Å². The molecule has 2 aromatic rings. The smallest absolute Gasteiger partial charge is 0.293 e. The molecule has 0 saturated carbocycles. The Bertz CT molecular complexity index is 1050. The monoisotopic (exact) mass is 509 g/mol. The predicted octanol–water partition coefficient (Wildman–Crippen LogP) is 5.19. The van der Waals surface area contributed by atoms with Gasteiger partial charge < -0.3 is 10.6 Å². The van der Waals surface area contributed by atoms with Crippen molar-refractivity contribution >= 4 is 40.3 Å². The first-order chi connectivity index (χ1) is 16.3. The fourth-order valence-electron chi connectivity index (χ4n) is 5.20. The number of nitrogens with two attached hydrogens (primary N) is 1. The Balaban J connectivity index is 1.37. The number of hydrogen-bond donors (Lipinski definition) is 1. The molecule has 0 aliphatic carbocycles. The number of benzene rings is 2. The molecule has 2 aliphatic rings. The average Bonchev–Trinajstić information content (AvgIpc) is 2.82. The van der Waals surface area contributed by atoms with Crippen molar-refractivity contribution in [2.75, 3.05) is 43.4 Å². The number of likely N-dealkylation sites (tertiary alicyclic amines) is 1. The van der Waals surface area contributed by atoms with Gasteiger partial charge in [-0.1, -0.05) is 36.2 Å². The minimum atomic E-state index is -0.508. The Morgan fingerprint density at radius 2 is 1.88 bits per heavy atom. The molecule has 2 heterocycles. The van der Waals surface area contributed by atoms with Crippen molar-refractivity contribution in [3.05, 3.63) is 61.9 Å². The van der Waals surface area contributed by atoms with E-state index < -0.39 is 4.92 Å². The molecule has 4 rings (SSSR count). The molecule has 10 heteroatoms. The molecule has 184 valence electrons. The SMILES string of the molecule is CC[C@H]1CN(c2cc(N)c([N+](=O)[O-])cc2Cl)CCN1C1CCN(Cc2ccc(Cl)cc2F)CC1. The first kappa shape index (κ1) is 25.0. The van der Waals surface area contributed by atoms with Gasteiger partial charge in [0.25, 0.3) is 5.69 Å². The van der Waals surface area contributed by atoms with E-state index in [0.29, 0.717) is 34.2 Å². The van der Waals surface area contributed by atoms with Crippen LogP contribution in [0.15, 0.2) is 30.3 Å². The van der Waals surface area contributed by atoms with Crippen LogP contribution in [0.2, 0.25) is 10.0 Å². The predicted molar refractivity (Wildman–Crippen MR) is 135 cm³/mol. The van der Waals surface area contributed by atoms with Gasteiger partial charge in [-0.2, -0.15) is 0 Å². The summed E-state index contributed by atoms with van der Waals surface area (Å²) in [7, 11) is 0. The van der Waals surface area contributed by atoms with Crippen LogP contribution in [0.1, 0.15) is 31.7 Å². The van der Waals surface area contributed by atoms with E-state index in [1.807, 2.05) is 0 Å². The zero-order valence-electron chi connectivity index (χ0n) is 19.2. The number of nitrogens with zero attached hydrogens (tertiary/aromatic N) is 4. The van der Waals surface area contributed by atoms with E-state index in [-0.39, 0.29) is 17.2 Å². The molecule has 0 bridgehead atoms. The number of nitro groups is 1. The molecule has 0 spiro atoms. The van der Waals surface area contributed by atoms with E-state index in [9.17, 15) is 14.5 Å². The number of rotatable bonds is 6. The van der Waals surface area contributed by atoms with Gasteiger partial charge in [0.05, 0.1) is 15.6 Å². The summed E-state index contributed by atoms with van der Waals surface area (Å²) in [6.45, 7) is 7.10. The van der Waals surface area contributed by atoms with Gasteiger partial charge in [0.2, 0.25) is 0 Å². The van der Waals surface area contributed by atoms with Crippen LogP contribution >= 0.6 is 23.2 Å². The quantitative estimate of drug-likeness (QED) is 0.328. The maximum atomic E-state index is 14.2. The second-order valence-electron chi connectivity index (χ2n) is 9.11. The molecule has 2 aromatic carbocycles. The molecule has 1 atom stereocenters. The second-order valence-corrected chi connectivity index (χ2v) is 9.95. The number of piperazine rings is 1. The van der Waals surface area contributed by atoms with Crippen LogP contribution in [0, 0.1) is 15.9 Å². The van der Waals surface area contributed by atoms with Crippen LogP contribution in [0.5, 0.6) is 0 Å². The van der Waals surface area contributed by atoms with Crippen molar-refractivity contribution < 1.29 is 9.31 Å². The third-order valence-electron chi connectivity index (χ3n) is 7.07. The summed E-state index contributed by atoms with van der Waals surface area (Å²) in [6.07, 6.45) is 3.07. The van der Waals surface area contributed by atoms with Gasteiger partial charge in [0.15, 0.2) is 0 Å². The van der Waals surface area contributed by atoms with Gasteiger partial charge in [-0.05, 0) is 50.6 Å². The maximum Gasteiger partial charge on any atom is 0.293 e. The molecule has 2 N–H and O–H groups in total. The van der Waals surface area contributed by atoms with Gasteiger partial charge in [-0.25, -0.2) is 4.39 Å². The van der Waals surface area contributed by atoms with Crippen molar-refractivity contribution in [2.45, 2.75) is 44.8 Å². The van der Waals surface area contributed by atoms with Crippen molar-refractivity contribution in [1.82, 2.24) is 9.80 Å². The van der Waals surface area contributed by atoms with E-state index in [1.165, 1.54) is 12.1 Å². The number of halogens is 3. The van der Waals surface area contributed by atoms with Crippen LogP contribution in [0.4, 0.5) is 21.5 Å². The lowest BCUT2D eigenvalue weighted by Crippen LogP contribution is -2.58. The first-order valence-corrected chi connectivity index (χ1v) is 12.4. The topological polar surface area (TPSA) is 78.9 Å². The highest BCUT2D eigenvalue weighted by atomic mass is 35.5. The number of piperidine rings is 1. The Morgan fingerprint density at radius 1 is 1.15 bits per heavy atom. The zero-order chi connectivity index (χ0) is 24.4. The van der Waals surface area contributed by atoms with E-state index in [1.54, 1.807) is 18.2 Å². The van der Waals surface area contributed by atoms with Gasteiger partial charge in [-0.3, -0.25) is 19.9 Å². The number of anilines is 2. The number of nitro benzene ring substituents is 1. The molecule has 0 amide bonds. The van der Waals surface area contributed by atoms with Crippen LogP contribution in [0.25, 0.3) is 0 Å². The third-order valence-corrected chi connectivity index (χ3v) is 7.61. The Morgan fingerprint density at radius 3 is 2.53 bits per heavy atom. The van der Waals surface area contributed by atoms with Crippen molar-refractivity contribution in [3.63, 3.8) is 0 Å². The average molecular weight is 510 g/mol. The van der Waals surface area contributed by atoms with Crippen LogP contribution < -0.4 is 10.6 Å². The lowest BCUT2D eigenvalue weighted by atomic mass is 9.97. The van der Waals surface area contributed by atoms with Crippen molar-refractivity contribution in [1.29, 1.82) is 0 Å². The summed E-state index contributed by atoms with van der Waals surface area (Å²) >= 11 is 12.3. The largest absolute Gasteiger partial charge is 0.393 e. The highest BCUT2D eigenvalue weighted by molar-refractivity contribution is 6.33. The normalized spacial score (nSPS) is 20.6. The molecule has 2 saturated heterocycles. The fraction of sp³-hybridized carbons (Fsp3) is 0.500. The van der Waals surface area contributed by atoms with E-state index in [2.05, 4.69) is 21.6 Å². The van der Waals surface area contributed by atoms with Crippen molar-refractivity contribution in [2.24, 2.45) is 0 Å². The van der Waals surface area contributed by atoms with E-state index in [0.717, 1.165) is 57.7 Å². The summed E-state index contributed by atoms with van der Waals surface area (Å²) < 4.78 is 14.2. The van der Waals surface area contributed by atoms with Gasteiger partial charge in [0.1, 0.15) is 11.5 Å². The second kappa shape index (κ2) is 10.6. The number of hydrogen-bond acceptors (Lipinski definition) is 6. The number of nitrogen functional groups attached to an aromatic ring is 1. The van der Waals surface area contributed by atoms with Crippen LogP contribution in [0.3, 0.4) is 0 Å². The minimum absolute atomic E-state index is 0.129. The molecular formula is C24H30Cl2FN5O2. The third kappa shape index (κ3) is 5.40. The highest BCUT2D eigenvalue weighted by Gasteiger charge is 2.34. The summed E-state index contributed by atoms with van der Waals surface area (Å²) in [5, 5.41) is 11.9. The van der Waals surface area contributed by atoms with Gasteiger partial charge >= 0.3 is 0 Å². The summed E-state index contributed by atoms with van der Waals surface area (Å²) in [5.74, 6) is -0.248. The van der Waals surface area contributed by atoms with Crippen LogP contribution in [-0.4, -0.2) is 59.5 Å². The molecule has 0 aromatic heterocycles. The molecule has 2 fully saturated rings. The maximum absolute atomic E-state index is 14.2. The summed E-state index contributed by atoms with van der Waals surface area (Å²) in [4.78, 5) is 17.7. The molecule has 0 unspecified atom stereocenters. The molecule has 2 aliphatic heterocycles.